The lowest BCUT2D eigenvalue weighted by atomic mass is 10.0. The number of carbonyl (C=O) groups is 1. The van der Waals surface area contributed by atoms with E-state index in [1.165, 1.54) is 54.9 Å². The van der Waals surface area contributed by atoms with Gasteiger partial charge in [0.15, 0.2) is 0 Å². The zero-order valence-electron chi connectivity index (χ0n) is 15.5. The quantitative estimate of drug-likeness (QED) is 0.370. The van der Waals surface area contributed by atoms with Gasteiger partial charge in [0.25, 0.3) is 0 Å². The smallest absolute Gasteiger partial charge is 0.301 e. The molecule has 6 nitrogen and oxygen atoms in total. The zero-order chi connectivity index (χ0) is 18.2. The van der Waals surface area contributed by atoms with E-state index in [1.807, 2.05) is 6.08 Å². The molecular formula is C19H31N3O3. The maximum Gasteiger partial charge on any atom is 0.347 e. The number of carbonyl (C=O) groups excluding carboxylic acids is 1. The maximum absolute atomic E-state index is 12.3. The third-order valence-corrected chi connectivity index (χ3v) is 5.07. The Bertz CT molecular complexity index is 696. The Morgan fingerprint density at radius 2 is 1.48 bits per heavy atom. The van der Waals surface area contributed by atoms with E-state index >= 15 is 0 Å². The molecule has 0 saturated carbocycles. The normalized spacial score (nSPS) is 20.1. The van der Waals surface area contributed by atoms with Gasteiger partial charge in [-0.1, -0.05) is 57.6 Å². The molecule has 140 valence electrons. The Morgan fingerprint density at radius 1 is 0.920 bits per heavy atom. The first-order valence-corrected chi connectivity index (χ1v) is 9.63. The van der Waals surface area contributed by atoms with Gasteiger partial charge in [-0.2, -0.15) is 0 Å². The number of hydrogen-bond acceptors (Lipinski definition) is 3. The second-order valence-electron chi connectivity index (χ2n) is 7.00. The van der Waals surface area contributed by atoms with Crippen LogP contribution in [0.1, 0.15) is 83.2 Å². The Kier molecular flexibility index (Phi) is 7.47. The molecule has 1 aliphatic rings. The van der Waals surface area contributed by atoms with Crippen LogP contribution in [-0.2, 0) is 11.8 Å². The Morgan fingerprint density at radius 3 is 2.12 bits per heavy atom. The van der Waals surface area contributed by atoms with Gasteiger partial charge in [0, 0.05) is 7.05 Å². The summed E-state index contributed by atoms with van der Waals surface area (Å²) < 4.78 is 3.85. The number of unbranched alkanes of at least 4 members (excludes halogenated alkanes) is 7. The van der Waals surface area contributed by atoms with Crippen LogP contribution in [0.15, 0.2) is 21.7 Å². The molecule has 2 rings (SSSR count). The lowest BCUT2D eigenvalue weighted by molar-refractivity contribution is -0.111. The van der Waals surface area contributed by atoms with E-state index in [4.69, 9.17) is 0 Å². The van der Waals surface area contributed by atoms with Crippen molar-refractivity contribution in [2.75, 3.05) is 0 Å². The van der Waals surface area contributed by atoms with Crippen LogP contribution >= 0.6 is 0 Å². The summed E-state index contributed by atoms with van der Waals surface area (Å²) >= 11 is 0. The first-order chi connectivity index (χ1) is 12.1. The summed E-state index contributed by atoms with van der Waals surface area (Å²) in [5, 5.41) is 0. The third-order valence-electron chi connectivity index (χ3n) is 5.07. The summed E-state index contributed by atoms with van der Waals surface area (Å²) in [5.41, 5.74) is -0.755. The molecule has 0 saturated heterocycles. The van der Waals surface area contributed by atoms with E-state index in [0.717, 1.165) is 23.7 Å². The summed E-state index contributed by atoms with van der Waals surface area (Å²) in [7, 11) is 1.46. The minimum Gasteiger partial charge on any atom is -0.301 e. The molecule has 25 heavy (non-hydrogen) atoms. The predicted octanol–water partition coefficient (Wildman–Crippen LogP) is 3.12. The highest BCUT2D eigenvalue weighted by atomic mass is 16.2. The van der Waals surface area contributed by atoms with E-state index in [2.05, 4.69) is 13.0 Å². The van der Waals surface area contributed by atoms with Crippen molar-refractivity contribution < 1.29 is 4.79 Å². The molecule has 1 aliphatic heterocycles. The Labute approximate surface area is 149 Å². The summed E-state index contributed by atoms with van der Waals surface area (Å²) in [5.74, 6) is 0. The molecule has 0 aromatic carbocycles. The second kappa shape index (κ2) is 9.59. The molecule has 2 heterocycles. The molecule has 2 unspecified atom stereocenters. The van der Waals surface area contributed by atoms with E-state index in [1.54, 1.807) is 0 Å². The fourth-order valence-electron chi connectivity index (χ4n) is 3.54. The molecule has 0 bridgehead atoms. The van der Waals surface area contributed by atoms with E-state index in [-0.39, 0.29) is 11.7 Å². The van der Waals surface area contributed by atoms with Crippen molar-refractivity contribution in [3.8, 4) is 0 Å². The van der Waals surface area contributed by atoms with Crippen LogP contribution in [0.5, 0.6) is 0 Å². The van der Waals surface area contributed by atoms with Crippen molar-refractivity contribution in [1.82, 2.24) is 13.9 Å². The molecule has 0 fully saturated rings. The lowest BCUT2D eigenvalue weighted by Gasteiger charge is -2.27. The molecule has 0 aliphatic carbocycles. The van der Waals surface area contributed by atoms with Crippen LogP contribution < -0.4 is 11.4 Å². The highest BCUT2D eigenvalue weighted by Gasteiger charge is 2.29. The van der Waals surface area contributed by atoms with Crippen LogP contribution in [-0.4, -0.2) is 20.2 Å². The molecular weight excluding hydrogens is 318 g/mol. The second-order valence-corrected chi connectivity index (χ2v) is 7.00. The molecule has 2 atom stereocenters. The molecule has 0 N–H and O–H groups in total. The number of fused-ring (bicyclic) bond motifs is 1. The largest absolute Gasteiger partial charge is 0.347 e. The van der Waals surface area contributed by atoms with Crippen LogP contribution in [0.2, 0.25) is 0 Å². The Hall–Kier alpha value is -1.85. The average molecular weight is 349 g/mol. The van der Waals surface area contributed by atoms with Gasteiger partial charge in [-0.15, -0.1) is 0 Å². The van der Waals surface area contributed by atoms with Gasteiger partial charge in [0.1, 0.15) is 12.3 Å². The molecule has 0 amide bonds. The number of rotatable bonds is 10. The van der Waals surface area contributed by atoms with Gasteiger partial charge in [0.05, 0.1) is 6.04 Å². The van der Waals surface area contributed by atoms with Crippen molar-refractivity contribution in [3.05, 3.63) is 33.1 Å². The monoisotopic (exact) mass is 349 g/mol. The van der Waals surface area contributed by atoms with Crippen molar-refractivity contribution >= 4 is 6.29 Å². The van der Waals surface area contributed by atoms with Gasteiger partial charge in [-0.05, 0) is 25.7 Å². The highest BCUT2D eigenvalue weighted by molar-refractivity contribution is 5.55. The first-order valence-electron chi connectivity index (χ1n) is 9.63. The predicted molar refractivity (Wildman–Crippen MR) is 99.1 cm³/mol. The van der Waals surface area contributed by atoms with Crippen LogP contribution in [0.3, 0.4) is 0 Å². The van der Waals surface area contributed by atoms with Gasteiger partial charge in [-0.3, -0.25) is 0 Å². The fourth-order valence-corrected chi connectivity index (χ4v) is 3.54. The number of allylic oxidation sites excluding steroid dienone is 2. The summed E-state index contributed by atoms with van der Waals surface area (Å²) in [6.45, 7) is 2.23. The van der Waals surface area contributed by atoms with Crippen LogP contribution in [0.4, 0.5) is 0 Å². The molecule has 1 aromatic rings. The van der Waals surface area contributed by atoms with Gasteiger partial charge in [0.2, 0.25) is 0 Å². The van der Waals surface area contributed by atoms with E-state index < -0.39 is 11.7 Å². The topological polar surface area (TPSA) is 66.0 Å². The van der Waals surface area contributed by atoms with Crippen molar-refractivity contribution in [1.29, 1.82) is 0 Å². The number of aldehydes is 1. The molecule has 1 aromatic heterocycles. The van der Waals surface area contributed by atoms with Crippen LogP contribution in [0, 0.1) is 0 Å². The minimum atomic E-state index is -0.533. The van der Waals surface area contributed by atoms with Crippen molar-refractivity contribution in [2.45, 2.75) is 83.2 Å². The SMILES string of the molecule is CCCCCCCCC/C=C/C1CCC(C=O)n2c(=O)n(C)c(=O)n21. The minimum absolute atomic E-state index is 0.137. The van der Waals surface area contributed by atoms with Crippen molar-refractivity contribution in [2.24, 2.45) is 7.05 Å². The van der Waals surface area contributed by atoms with Gasteiger partial charge < -0.3 is 4.79 Å². The zero-order valence-corrected chi connectivity index (χ0v) is 15.5. The van der Waals surface area contributed by atoms with Crippen LogP contribution in [0.25, 0.3) is 0 Å². The lowest BCUT2D eigenvalue weighted by Crippen LogP contribution is -2.37. The molecule has 0 radical (unpaired) electrons. The maximum atomic E-state index is 12.3. The summed E-state index contributed by atoms with van der Waals surface area (Å²) in [6.07, 6.45) is 16.1. The molecule has 6 heteroatoms. The summed E-state index contributed by atoms with van der Waals surface area (Å²) in [4.78, 5) is 35.7. The standard InChI is InChI=1S/C19H31N3O3/c1-3-4-5-6-7-8-9-10-11-12-16-13-14-17(15-23)22-19(25)20(2)18(24)21(16)22/h11-12,15-17H,3-10,13-14H2,1-2H3/b12-11+. The van der Waals surface area contributed by atoms with Crippen molar-refractivity contribution in [3.63, 3.8) is 0 Å². The first kappa shape index (κ1) is 19.5. The average Bonchev–Trinajstić information content (AvgIpc) is 2.85. The Balaban J connectivity index is 1.91. The highest BCUT2D eigenvalue weighted by Crippen LogP contribution is 2.25. The van der Waals surface area contributed by atoms with E-state index in [0.29, 0.717) is 12.8 Å². The fraction of sp³-hybridized carbons (Fsp3) is 0.737. The van der Waals surface area contributed by atoms with E-state index in [9.17, 15) is 14.4 Å². The number of hydrogen-bond donors (Lipinski definition) is 0. The third kappa shape index (κ3) is 4.61. The molecule has 0 spiro atoms. The number of aromatic nitrogens is 3. The summed E-state index contributed by atoms with van der Waals surface area (Å²) in [6, 6.07) is -0.670. The number of nitrogens with zero attached hydrogens (tertiary/aromatic N) is 3. The van der Waals surface area contributed by atoms with Gasteiger partial charge in [-0.25, -0.2) is 23.5 Å². The van der Waals surface area contributed by atoms with Gasteiger partial charge >= 0.3 is 11.4 Å².